The molecule has 3 aromatic rings. The summed E-state index contributed by atoms with van der Waals surface area (Å²) in [7, 11) is 1.47. The smallest absolute Gasteiger partial charge is 0.168 e. The van der Waals surface area contributed by atoms with Gasteiger partial charge in [-0.3, -0.25) is 0 Å². The number of halogens is 2. The van der Waals surface area contributed by atoms with Crippen molar-refractivity contribution in [3.63, 3.8) is 0 Å². The average molecular weight is 535 g/mol. The van der Waals surface area contributed by atoms with Crippen LogP contribution in [0.3, 0.4) is 0 Å². The van der Waals surface area contributed by atoms with E-state index in [4.69, 9.17) is 18.7 Å². The van der Waals surface area contributed by atoms with Crippen LogP contribution in [0.5, 0.6) is 0 Å². The quantitative estimate of drug-likeness (QED) is 0.470. The Labute approximate surface area is 218 Å². The maximum atomic E-state index is 14.6. The topological polar surface area (TPSA) is 125 Å². The molecule has 0 bridgehead atoms. The van der Waals surface area contributed by atoms with Crippen molar-refractivity contribution in [2.75, 3.05) is 26.9 Å². The number of aromatic nitrogens is 4. The van der Waals surface area contributed by atoms with E-state index in [-0.39, 0.29) is 28.7 Å². The lowest BCUT2D eigenvalue weighted by Gasteiger charge is -2.43. The Balaban J connectivity index is 1.42. The molecule has 2 fully saturated rings. The number of benzene rings is 1. The minimum Gasteiger partial charge on any atom is -0.394 e. The zero-order valence-electron chi connectivity index (χ0n) is 21.5. The second kappa shape index (κ2) is 10.8. The van der Waals surface area contributed by atoms with E-state index in [1.807, 2.05) is 6.07 Å². The van der Waals surface area contributed by atoms with Crippen LogP contribution >= 0.6 is 0 Å². The maximum Gasteiger partial charge on any atom is 0.168 e. The second-order valence-corrected chi connectivity index (χ2v) is 10.3. The monoisotopic (exact) mass is 534 g/mol. The van der Waals surface area contributed by atoms with E-state index in [0.717, 1.165) is 18.5 Å². The maximum absolute atomic E-state index is 14.6. The van der Waals surface area contributed by atoms with Gasteiger partial charge >= 0.3 is 0 Å². The van der Waals surface area contributed by atoms with Crippen LogP contribution in [0.25, 0.3) is 11.3 Å². The molecule has 12 heteroatoms. The number of ether oxygens (including phenoxy) is 3. The molecule has 4 heterocycles. The van der Waals surface area contributed by atoms with Crippen LogP contribution in [-0.4, -0.2) is 81.7 Å². The second-order valence-electron chi connectivity index (χ2n) is 10.3. The first-order valence-electron chi connectivity index (χ1n) is 12.6. The Bertz CT molecular complexity index is 1260. The van der Waals surface area contributed by atoms with Gasteiger partial charge in [0.15, 0.2) is 11.6 Å². The number of hydrogen-bond donors (Lipinski definition) is 2. The molecule has 38 heavy (non-hydrogen) atoms. The van der Waals surface area contributed by atoms with E-state index in [2.05, 4.69) is 22.4 Å². The third kappa shape index (κ3) is 4.87. The highest BCUT2D eigenvalue weighted by Crippen LogP contribution is 2.37. The van der Waals surface area contributed by atoms with Crippen molar-refractivity contribution in [3.05, 3.63) is 53.0 Å². The fraction of sp³-hybridized carbons (Fsp3) is 0.577. The number of aliphatic hydroxyl groups excluding tert-OH is 2. The summed E-state index contributed by atoms with van der Waals surface area (Å²) in [6.07, 6.45) is -0.209. The molecule has 5 atom stereocenters. The van der Waals surface area contributed by atoms with Crippen LogP contribution in [0.2, 0.25) is 0 Å². The molecule has 2 N–H and O–H groups in total. The van der Waals surface area contributed by atoms with Crippen LogP contribution in [0.4, 0.5) is 8.78 Å². The molecule has 1 aromatic carbocycles. The van der Waals surface area contributed by atoms with Gasteiger partial charge in [0.05, 0.1) is 24.6 Å². The van der Waals surface area contributed by atoms with Crippen LogP contribution in [-0.2, 0) is 26.0 Å². The van der Waals surface area contributed by atoms with E-state index >= 15 is 0 Å². The molecule has 0 radical (unpaired) electrons. The van der Waals surface area contributed by atoms with Crippen LogP contribution in [0.15, 0.2) is 28.9 Å². The lowest BCUT2D eigenvalue weighted by Crippen LogP contribution is -2.57. The largest absolute Gasteiger partial charge is 0.394 e. The summed E-state index contributed by atoms with van der Waals surface area (Å²) in [6.45, 7) is 4.46. The fourth-order valence-electron chi connectivity index (χ4n) is 5.29. The SMILES string of the molecule is CO[C@@H]1[C@@H](n2cc(-c3ccc(C)c(F)c3F)nn2)[C@@H](O)[C@@H](CO)O[C@@H]1Cc1cc(C2(C)CCOCC2)no1. The summed E-state index contributed by atoms with van der Waals surface area (Å²) in [6, 6.07) is 3.94. The van der Waals surface area contributed by atoms with Crippen molar-refractivity contribution in [2.24, 2.45) is 0 Å². The summed E-state index contributed by atoms with van der Waals surface area (Å²) in [4.78, 5) is 0. The number of nitrogens with zero attached hydrogens (tertiary/aromatic N) is 4. The number of methoxy groups -OCH3 is 1. The molecule has 0 spiro atoms. The summed E-state index contributed by atoms with van der Waals surface area (Å²) in [5.74, 6) is -1.42. The van der Waals surface area contributed by atoms with Crippen molar-refractivity contribution in [1.82, 2.24) is 20.2 Å². The van der Waals surface area contributed by atoms with Gasteiger partial charge in [0.25, 0.3) is 0 Å². The van der Waals surface area contributed by atoms with E-state index in [1.54, 1.807) is 0 Å². The van der Waals surface area contributed by atoms with Gasteiger partial charge in [-0.2, -0.15) is 0 Å². The molecule has 2 aromatic heterocycles. The van der Waals surface area contributed by atoms with Crippen molar-refractivity contribution in [1.29, 1.82) is 0 Å². The first-order valence-corrected chi connectivity index (χ1v) is 12.6. The molecule has 2 saturated heterocycles. The summed E-state index contributed by atoms with van der Waals surface area (Å²) in [5.41, 5.74) is 0.900. The summed E-state index contributed by atoms with van der Waals surface area (Å²) >= 11 is 0. The Morgan fingerprint density at radius 3 is 2.66 bits per heavy atom. The zero-order valence-corrected chi connectivity index (χ0v) is 21.5. The average Bonchev–Trinajstić information content (AvgIpc) is 3.59. The van der Waals surface area contributed by atoms with Crippen LogP contribution in [0, 0.1) is 18.6 Å². The molecule has 0 amide bonds. The lowest BCUT2D eigenvalue weighted by atomic mass is 9.79. The molecule has 5 rings (SSSR count). The predicted molar refractivity (Wildman–Crippen MR) is 129 cm³/mol. The zero-order chi connectivity index (χ0) is 27.0. The van der Waals surface area contributed by atoms with E-state index in [9.17, 15) is 19.0 Å². The molecule has 206 valence electrons. The highest BCUT2D eigenvalue weighted by molar-refractivity contribution is 5.59. The molecule has 2 aliphatic heterocycles. The fourth-order valence-corrected chi connectivity index (χ4v) is 5.29. The molecule has 10 nitrogen and oxygen atoms in total. The standard InChI is InChI=1S/C26H32F2N4O6/c1-14-4-5-16(22(28)21(14)27)17-12-32(31-29-17)23-24(34)19(13-33)37-18(25(23)35-3)10-15-11-20(30-38-15)26(2)6-8-36-9-7-26/h4-5,11-12,18-19,23-25,33-34H,6-10,13H2,1-3H3/t18-,19-,23+,24+,25+/m1/s1. The summed E-state index contributed by atoms with van der Waals surface area (Å²) in [5, 5.41) is 33.4. The highest BCUT2D eigenvalue weighted by atomic mass is 19.2. The van der Waals surface area contributed by atoms with Gasteiger partial charge in [-0.25, -0.2) is 13.5 Å². The van der Waals surface area contributed by atoms with Gasteiger partial charge in [0.2, 0.25) is 0 Å². The first-order chi connectivity index (χ1) is 18.3. The molecular formula is C26H32F2N4O6. The minimum atomic E-state index is -1.22. The minimum absolute atomic E-state index is 0.0547. The van der Waals surface area contributed by atoms with Crippen LogP contribution in [0.1, 0.15) is 42.8 Å². The third-order valence-electron chi connectivity index (χ3n) is 7.78. The van der Waals surface area contributed by atoms with Crippen molar-refractivity contribution >= 4 is 0 Å². The number of aryl methyl sites for hydroxylation is 1. The predicted octanol–water partition coefficient (Wildman–Crippen LogP) is 2.51. The molecule has 0 unspecified atom stereocenters. The summed E-state index contributed by atoms with van der Waals surface area (Å²) < 4.78 is 53.0. The third-order valence-corrected chi connectivity index (χ3v) is 7.78. The van der Waals surface area contributed by atoms with E-state index in [1.165, 1.54) is 37.0 Å². The van der Waals surface area contributed by atoms with Gasteiger partial charge in [0.1, 0.15) is 35.8 Å². The first kappa shape index (κ1) is 26.8. The van der Waals surface area contributed by atoms with Crippen molar-refractivity contribution in [2.45, 2.75) is 69.0 Å². The van der Waals surface area contributed by atoms with Gasteiger partial charge in [0, 0.05) is 43.8 Å². The molecule has 2 aliphatic rings. The van der Waals surface area contributed by atoms with E-state index < -0.39 is 48.7 Å². The van der Waals surface area contributed by atoms with Gasteiger partial charge in [-0.1, -0.05) is 23.4 Å². The molecule has 0 aliphatic carbocycles. The Kier molecular flexibility index (Phi) is 7.60. The van der Waals surface area contributed by atoms with E-state index in [0.29, 0.717) is 19.0 Å². The molecular weight excluding hydrogens is 502 g/mol. The Morgan fingerprint density at radius 1 is 1.18 bits per heavy atom. The Morgan fingerprint density at radius 2 is 1.95 bits per heavy atom. The van der Waals surface area contributed by atoms with Crippen molar-refractivity contribution < 1.29 is 37.7 Å². The molecule has 0 saturated carbocycles. The van der Waals surface area contributed by atoms with Crippen molar-refractivity contribution in [3.8, 4) is 11.3 Å². The Hall–Kier alpha value is -2.77. The normalized spacial score (nSPS) is 27.5. The number of rotatable bonds is 7. The van der Waals surface area contributed by atoms with Gasteiger partial charge < -0.3 is 28.9 Å². The number of hydrogen-bond acceptors (Lipinski definition) is 9. The van der Waals surface area contributed by atoms with Crippen LogP contribution < -0.4 is 0 Å². The lowest BCUT2D eigenvalue weighted by molar-refractivity contribution is -0.212. The van der Waals surface area contributed by atoms with Gasteiger partial charge in [-0.05, 0) is 31.4 Å². The number of aliphatic hydroxyl groups is 2. The van der Waals surface area contributed by atoms with Gasteiger partial charge in [-0.15, -0.1) is 5.10 Å². The highest BCUT2D eigenvalue weighted by Gasteiger charge is 2.47.